The molecule has 2 unspecified atom stereocenters. The van der Waals surface area contributed by atoms with E-state index >= 15 is 0 Å². The van der Waals surface area contributed by atoms with Crippen LogP contribution in [0, 0.1) is 0 Å². The molecule has 3 rings (SSSR count). The van der Waals surface area contributed by atoms with Gasteiger partial charge in [-0.3, -0.25) is 9.80 Å². The summed E-state index contributed by atoms with van der Waals surface area (Å²) in [6.07, 6.45) is 1.91. The zero-order valence-electron chi connectivity index (χ0n) is 16.4. The van der Waals surface area contributed by atoms with E-state index in [0.717, 1.165) is 49.5 Å². The van der Waals surface area contributed by atoms with Crippen molar-refractivity contribution in [3.05, 3.63) is 23.8 Å². The van der Waals surface area contributed by atoms with Crippen LogP contribution in [0.4, 0.5) is 4.79 Å². The second-order valence-corrected chi connectivity index (χ2v) is 8.14. The average Bonchev–Trinajstić information content (AvgIpc) is 2.85. The number of hydrogen-bond acceptors (Lipinski definition) is 5. The number of carbonyl (C=O) groups is 1. The van der Waals surface area contributed by atoms with Gasteiger partial charge in [-0.25, -0.2) is 4.79 Å². The molecular formula is C20H30N2O4. The number of carbonyl (C=O) groups excluding carboxylic acids is 1. The fraction of sp³-hybridized carbons (Fsp3) is 0.650. The fourth-order valence-electron chi connectivity index (χ4n) is 3.96. The first-order valence-electron chi connectivity index (χ1n) is 9.25. The van der Waals surface area contributed by atoms with Gasteiger partial charge in [0.1, 0.15) is 17.1 Å². The second-order valence-electron chi connectivity index (χ2n) is 8.14. The molecule has 6 heteroatoms. The molecule has 2 atom stereocenters. The largest absolute Gasteiger partial charge is 0.497 e. The molecule has 0 N–H and O–H groups in total. The quantitative estimate of drug-likeness (QED) is 0.823. The SMILES string of the molecule is COc1ccc(CN2CC3CCC(C2)N3C(=O)OC(C)(C)C)c(OC)c1. The summed E-state index contributed by atoms with van der Waals surface area (Å²) in [6.45, 7) is 8.29. The van der Waals surface area contributed by atoms with Crippen molar-refractivity contribution in [1.82, 2.24) is 9.80 Å². The minimum atomic E-state index is -0.454. The maximum atomic E-state index is 12.6. The van der Waals surface area contributed by atoms with E-state index in [1.165, 1.54) is 0 Å². The summed E-state index contributed by atoms with van der Waals surface area (Å²) < 4.78 is 16.4. The Balaban J connectivity index is 1.67. The minimum absolute atomic E-state index is 0.174. The number of amides is 1. The standard InChI is InChI=1S/C20H30N2O4/c1-20(2,3)26-19(23)22-15-7-8-16(22)13-21(12-15)11-14-6-9-17(24-4)10-18(14)25-5/h6,9-10,15-16H,7-8,11-13H2,1-5H3. The van der Waals surface area contributed by atoms with Crippen LogP contribution in [-0.4, -0.2) is 60.9 Å². The summed E-state index contributed by atoms with van der Waals surface area (Å²) in [5.41, 5.74) is 0.683. The molecule has 2 bridgehead atoms. The monoisotopic (exact) mass is 362 g/mol. The van der Waals surface area contributed by atoms with Gasteiger partial charge in [-0.2, -0.15) is 0 Å². The van der Waals surface area contributed by atoms with Crippen LogP contribution < -0.4 is 9.47 Å². The van der Waals surface area contributed by atoms with Gasteiger partial charge in [0.25, 0.3) is 0 Å². The Labute approximate surface area is 156 Å². The summed E-state index contributed by atoms with van der Waals surface area (Å²) >= 11 is 0. The van der Waals surface area contributed by atoms with Gasteiger partial charge in [-0.15, -0.1) is 0 Å². The lowest BCUT2D eigenvalue weighted by Crippen LogP contribution is -2.56. The van der Waals surface area contributed by atoms with Crippen LogP contribution in [0.1, 0.15) is 39.2 Å². The van der Waals surface area contributed by atoms with Gasteiger partial charge in [0.2, 0.25) is 0 Å². The molecule has 26 heavy (non-hydrogen) atoms. The zero-order valence-corrected chi connectivity index (χ0v) is 16.4. The number of nitrogens with zero attached hydrogens (tertiary/aromatic N) is 2. The van der Waals surface area contributed by atoms with Gasteiger partial charge >= 0.3 is 6.09 Å². The summed E-state index contributed by atoms with van der Waals surface area (Å²) in [5.74, 6) is 1.63. The first-order chi connectivity index (χ1) is 12.3. The van der Waals surface area contributed by atoms with Gasteiger partial charge < -0.3 is 14.2 Å². The lowest BCUT2D eigenvalue weighted by molar-refractivity contribution is -0.00551. The summed E-state index contributed by atoms with van der Waals surface area (Å²) in [7, 11) is 3.34. The molecular weight excluding hydrogens is 332 g/mol. The van der Waals surface area contributed by atoms with Crippen LogP contribution in [0.3, 0.4) is 0 Å². The average molecular weight is 362 g/mol. The highest BCUT2D eigenvalue weighted by Gasteiger charge is 2.44. The predicted octanol–water partition coefficient (Wildman–Crippen LogP) is 3.29. The lowest BCUT2D eigenvalue weighted by Gasteiger charge is -2.41. The molecule has 2 saturated heterocycles. The van der Waals surface area contributed by atoms with Crippen LogP contribution in [-0.2, 0) is 11.3 Å². The number of methoxy groups -OCH3 is 2. The van der Waals surface area contributed by atoms with Gasteiger partial charge in [0, 0.05) is 43.3 Å². The van der Waals surface area contributed by atoms with E-state index in [0.29, 0.717) is 0 Å². The molecule has 2 aliphatic rings. The number of piperazine rings is 1. The predicted molar refractivity (Wildman–Crippen MR) is 99.7 cm³/mol. The molecule has 0 radical (unpaired) electrons. The van der Waals surface area contributed by atoms with Crippen molar-refractivity contribution in [2.24, 2.45) is 0 Å². The number of benzene rings is 1. The third-order valence-electron chi connectivity index (χ3n) is 5.05. The van der Waals surface area contributed by atoms with Crippen molar-refractivity contribution >= 4 is 6.09 Å². The molecule has 2 heterocycles. The van der Waals surface area contributed by atoms with Crippen LogP contribution in [0.2, 0.25) is 0 Å². The number of rotatable bonds is 4. The highest BCUT2D eigenvalue weighted by molar-refractivity contribution is 5.69. The molecule has 1 aromatic rings. The van der Waals surface area contributed by atoms with Gasteiger partial charge in [0.15, 0.2) is 0 Å². The van der Waals surface area contributed by atoms with Gasteiger partial charge in [-0.1, -0.05) is 6.07 Å². The van der Waals surface area contributed by atoms with E-state index in [-0.39, 0.29) is 18.2 Å². The Bertz CT molecular complexity index is 642. The molecule has 0 spiro atoms. The lowest BCUT2D eigenvalue weighted by atomic mass is 10.1. The van der Waals surface area contributed by atoms with Crippen molar-refractivity contribution < 1.29 is 19.0 Å². The van der Waals surface area contributed by atoms with Crippen LogP contribution in [0.5, 0.6) is 11.5 Å². The summed E-state index contributed by atoms with van der Waals surface area (Å²) in [6, 6.07) is 6.39. The Kier molecular flexibility index (Phi) is 5.32. The molecule has 1 aromatic carbocycles. The smallest absolute Gasteiger partial charge is 0.410 e. The Morgan fingerprint density at radius 2 is 1.77 bits per heavy atom. The van der Waals surface area contributed by atoms with Crippen molar-refractivity contribution in [1.29, 1.82) is 0 Å². The maximum Gasteiger partial charge on any atom is 0.410 e. The molecule has 0 aromatic heterocycles. The first kappa shape index (κ1) is 18.8. The molecule has 2 aliphatic heterocycles. The first-order valence-corrected chi connectivity index (χ1v) is 9.25. The van der Waals surface area contributed by atoms with Crippen LogP contribution >= 0.6 is 0 Å². The third-order valence-corrected chi connectivity index (χ3v) is 5.05. The van der Waals surface area contributed by atoms with Gasteiger partial charge in [-0.05, 0) is 39.7 Å². The number of fused-ring (bicyclic) bond motifs is 2. The van der Waals surface area contributed by atoms with E-state index in [1.54, 1.807) is 14.2 Å². The molecule has 0 aliphatic carbocycles. The normalized spacial score (nSPS) is 23.0. The van der Waals surface area contributed by atoms with Gasteiger partial charge in [0.05, 0.1) is 14.2 Å². The molecule has 144 valence electrons. The Morgan fingerprint density at radius 1 is 1.12 bits per heavy atom. The van der Waals surface area contributed by atoms with Crippen molar-refractivity contribution in [3.63, 3.8) is 0 Å². The van der Waals surface area contributed by atoms with Crippen LogP contribution in [0.15, 0.2) is 18.2 Å². The summed E-state index contributed by atoms with van der Waals surface area (Å²) in [4.78, 5) is 16.9. The fourth-order valence-corrected chi connectivity index (χ4v) is 3.96. The molecule has 6 nitrogen and oxygen atoms in total. The van der Waals surface area contributed by atoms with E-state index < -0.39 is 5.60 Å². The highest BCUT2D eigenvalue weighted by atomic mass is 16.6. The number of ether oxygens (including phenoxy) is 3. The van der Waals surface area contributed by atoms with Crippen molar-refractivity contribution in [2.45, 2.75) is 57.8 Å². The number of hydrogen-bond donors (Lipinski definition) is 0. The van der Waals surface area contributed by atoms with E-state index in [2.05, 4.69) is 11.0 Å². The summed E-state index contributed by atoms with van der Waals surface area (Å²) in [5, 5.41) is 0. The van der Waals surface area contributed by atoms with Crippen LogP contribution in [0.25, 0.3) is 0 Å². The molecule has 2 fully saturated rings. The van der Waals surface area contributed by atoms with E-state index in [4.69, 9.17) is 14.2 Å². The minimum Gasteiger partial charge on any atom is -0.497 e. The molecule has 0 saturated carbocycles. The van der Waals surface area contributed by atoms with E-state index in [1.807, 2.05) is 37.8 Å². The highest BCUT2D eigenvalue weighted by Crippen LogP contribution is 2.33. The van der Waals surface area contributed by atoms with Crippen molar-refractivity contribution in [3.8, 4) is 11.5 Å². The molecule has 1 amide bonds. The second kappa shape index (κ2) is 7.35. The van der Waals surface area contributed by atoms with Crippen molar-refractivity contribution in [2.75, 3.05) is 27.3 Å². The Morgan fingerprint density at radius 3 is 2.31 bits per heavy atom. The zero-order chi connectivity index (χ0) is 18.9. The number of likely N-dealkylation sites (tertiary alicyclic amines) is 1. The maximum absolute atomic E-state index is 12.6. The third kappa shape index (κ3) is 4.06. The Hall–Kier alpha value is -1.95. The topological polar surface area (TPSA) is 51.2 Å². The van der Waals surface area contributed by atoms with E-state index in [9.17, 15) is 4.79 Å².